The Hall–Kier alpha value is -1.84. The molecule has 0 aromatic carbocycles. The van der Waals surface area contributed by atoms with Crippen LogP contribution in [0.5, 0.6) is 0 Å². The van der Waals surface area contributed by atoms with Crippen molar-refractivity contribution < 1.29 is 0 Å². The maximum absolute atomic E-state index is 8.83. The van der Waals surface area contributed by atoms with E-state index in [9.17, 15) is 0 Å². The van der Waals surface area contributed by atoms with Crippen LogP contribution in [0.4, 0.5) is 0 Å². The first-order valence-corrected chi connectivity index (χ1v) is 7.54. The zero-order valence-electron chi connectivity index (χ0n) is 13.7. The largest absolute Gasteiger partial charge is 0.299 e. The van der Waals surface area contributed by atoms with Crippen molar-refractivity contribution in [1.29, 1.82) is 10.5 Å². The van der Waals surface area contributed by atoms with Crippen molar-refractivity contribution in [3.63, 3.8) is 0 Å². The average Bonchev–Trinajstić information content (AvgIpc) is 2.49. The minimum atomic E-state index is 0.168. The summed E-state index contributed by atoms with van der Waals surface area (Å²) < 4.78 is 0. The number of hydrogen-bond acceptors (Lipinski definition) is 3. The lowest BCUT2D eigenvalue weighted by Crippen LogP contribution is -2.39. The van der Waals surface area contributed by atoms with Gasteiger partial charge in [-0.25, -0.2) is 0 Å². The van der Waals surface area contributed by atoms with Crippen LogP contribution in [0.3, 0.4) is 0 Å². The van der Waals surface area contributed by atoms with Crippen LogP contribution in [0.1, 0.15) is 40.0 Å². The minimum Gasteiger partial charge on any atom is -0.299 e. The Morgan fingerprint density at radius 1 is 1.29 bits per heavy atom. The van der Waals surface area contributed by atoms with Crippen LogP contribution in [0.25, 0.3) is 0 Å². The predicted molar refractivity (Wildman–Crippen MR) is 88.4 cm³/mol. The smallest absolute Gasteiger partial charge is 0.0991 e. The number of likely N-dealkylation sites (tertiary alicyclic amines) is 1. The molecule has 1 rings (SSSR count). The van der Waals surface area contributed by atoms with E-state index in [0.29, 0.717) is 12.0 Å². The fraction of sp³-hybridized carbons (Fsp3) is 0.556. The van der Waals surface area contributed by atoms with Gasteiger partial charge in [-0.2, -0.15) is 10.5 Å². The van der Waals surface area contributed by atoms with Gasteiger partial charge in [-0.05, 0) is 43.0 Å². The summed E-state index contributed by atoms with van der Waals surface area (Å²) >= 11 is 0. The molecular formula is C18H27N3. The number of hydrogen-bond donors (Lipinski definition) is 0. The molecule has 0 aromatic heterocycles. The second-order valence-electron chi connectivity index (χ2n) is 5.50. The second kappa shape index (κ2) is 9.97. The van der Waals surface area contributed by atoms with Gasteiger partial charge < -0.3 is 0 Å². The Kier molecular flexibility index (Phi) is 9.10. The normalized spacial score (nSPS) is 17.7. The van der Waals surface area contributed by atoms with Gasteiger partial charge >= 0.3 is 0 Å². The van der Waals surface area contributed by atoms with Gasteiger partial charge in [-0.1, -0.05) is 40.0 Å². The number of nitriles is 2. The molecule has 1 heterocycles. The van der Waals surface area contributed by atoms with Crippen molar-refractivity contribution in [3.05, 3.63) is 36.5 Å². The zero-order valence-corrected chi connectivity index (χ0v) is 13.7. The van der Waals surface area contributed by atoms with E-state index < -0.39 is 0 Å². The second-order valence-corrected chi connectivity index (χ2v) is 5.50. The van der Waals surface area contributed by atoms with Crippen LogP contribution in [0.15, 0.2) is 36.5 Å². The molecule has 1 fully saturated rings. The number of nitrogens with zero attached hydrogens (tertiary/aromatic N) is 3. The fourth-order valence-electron chi connectivity index (χ4n) is 2.31. The first-order chi connectivity index (χ1) is 10.0. The lowest BCUT2D eigenvalue weighted by atomic mass is 9.78. The van der Waals surface area contributed by atoms with E-state index in [0.717, 1.165) is 38.0 Å². The Morgan fingerprint density at radius 3 is 2.29 bits per heavy atom. The van der Waals surface area contributed by atoms with Gasteiger partial charge in [0.25, 0.3) is 0 Å². The number of rotatable bonds is 5. The molecule has 1 saturated heterocycles. The van der Waals surface area contributed by atoms with Gasteiger partial charge in [-0.15, -0.1) is 0 Å². The highest BCUT2D eigenvalue weighted by atomic mass is 15.1. The highest BCUT2D eigenvalue weighted by molar-refractivity contribution is 5.38. The minimum absolute atomic E-state index is 0.168. The molecule has 3 nitrogen and oxygen atoms in total. The van der Waals surface area contributed by atoms with Crippen LogP contribution < -0.4 is 0 Å². The van der Waals surface area contributed by atoms with Crippen LogP contribution >= 0.6 is 0 Å². The fourth-order valence-corrected chi connectivity index (χ4v) is 2.31. The highest BCUT2D eigenvalue weighted by Gasteiger charge is 2.29. The van der Waals surface area contributed by atoms with Gasteiger partial charge in [0, 0.05) is 13.0 Å². The molecule has 0 spiro atoms. The first-order valence-electron chi connectivity index (χ1n) is 7.54. The molecule has 0 amide bonds. The molecular weight excluding hydrogens is 258 g/mol. The highest BCUT2D eigenvalue weighted by Crippen LogP contribution is 2.34. The quantitative estimate of drug-likeness (QED) is 0.561. The monoisotopic (exact) mass is 285 g/mol. The third kappa shape index (κ3) is 6.93. The summed E-state index contributed by atoms with van der Waals surface area (Å²) in [4.78, 5) is 2.33. The summed E-state index contributed by atoms with van der Waals surface area (Å²) in [6, 6.07) is 4.36. The van der Waals surface area contributed by atoms with Gasteiger partial charge in [-0.3, -0.25) is 4.90 Å². The van der Waals surface area contributed by atoms with E-state index in [1.54, 1.807) is 12.2 Å². The molecule has 114 valence electrons. The molecule has 0 N–H and O–H groups in total. The van der Waals surface area contributed by atoms with Crippen molar-refractivity contribution in [2.45, 2.75) is 40.0 Å². The van der Waals surface area contributed by atoms with Crippen molar-refractivity contribution in [2.75, 3.05) is 19.6 Å². The summed E-state index contributed by atoms with van der Waals surface area (Å²) in [5.41, 5.74) is 1.65. The zero-order chi connectivity index (χ0) is 16.3. The van der Waals surface area contributed by atoms with Crippen molar-refractivity contribution >= 4 is 0 Å². The van der Waals surface area contributed by atoms with Gasteiger partial charge in [0.2, 0.25) is 0 Å². The van der Waals surface area contributed by atoms with Crippen molar-refractivity contribution in [1.82, 2.24) is 4.90 Å². The third-order valence-electron chi connectivity index (χ3n) is 3.70. The van der Waals surface area contributed by atoms with Crippen LogP contribution in [0.2, 0.25) is 0 Å². The number of piperidine rings is 1. The molecule has 1 aliphatic heterocycles. The molecule has 21 heavy (non-hydrogen) atoms. The molecule has 0 saturated carbocycles. The Bertz CT molecular complexity index is 452. The van der Waals surface area contributed by atoms with E-state index in [-0.39, 0.29) is 5.41 Å². The van der Waals surface area contributed by atoms with E-state index >= 15 is 0 Å². The predicted octanol–water partition coefficient (Wildman–Crippen LogP) is 4.22. The summed E-state index contributed by atoms with van der Waals surface area (Å²) in [6.45, 7) is 16.5. The molecule has 1 aliphatic rings. The van der Waals surface area contributed by atoms with Gasteiger partial charge in [0.1, 0.15) is 0 Å². The van der Waals surface area contributed by atoms with Crippen molar-refractivity contribution in [3.8, 4) is 12.1 Å². The first kappa shape index (κ1) is 19.2. The van der Waals surface area contributed by atoms with Crippen LogP contribution in [-0.2, 0) is 0 Å². The molecule has 0 aromatic rings. The summed E-state index contributed by atoms with van der Waals surface area (Å²) in [5.74, 6) is 0. The van der Waals surface area contributed by atoms with Gasteiger partial charge in [0.15, 0.2) is 0 Å². The summed E-state index contributed by atoms with van der Waals surface area (Å²) in [6.07, 6.45) is 6.06. The Morgan fingerprint density at radius 2 is 1.86 bits per heavy atom. The maximum atomic E-state index is 8.83. The van der Waals surface area contributed by atoms with Crippen LogP contribution in [0, 0.1) is 28.1 Å². The summed E-state index contributed by atoms with van der Waals surface area (Å²) in [7, 11) is 0. The Balaban J connectivity index is 0.00000191. The van der Waals surface area contributed by atoms with Crippen LogP contribution in [-0.4, -0.2) is 24.5 Å². The van der Waals surface area contributed by atoms with Gasteiger partial charge in [0.05, 0.1) is 17.7 Å². The summed E-state index contributed by atoms with van der Waals surface area (Å²) in [5, 5.41) is 17.7. The number of allylic oxidation sites excluding steroid dienone is 2. The third-order valence-corrected chi connectivity index (χ3v) is 3.70. The standard InChI is InChI=1S/C16H21N3.C2H6/c1-4-15(12-18)11-14(2)13-19-9-6-16(3,5-8-17)7-10-19;1-2/h4,11H,1-2,5-7,9-10,13H2,3H3;1-2H3/b15-11+;. The van der Waals surface area contributed by atoms with E-state index in [1.807, 2.05) is 13.8 Å². The topological polar surface area (TPSA) is 50.8 Å². The lowest BCUT2D eigenvalue weighted by molar-refractivity contribution is 0.130. The molecule has 0 aliphatic carbocycles. The SMILES string of the molecule is C=C/C(C#N)=C\C(=C)CN1CCC(C)(CC#N)CC1.CC. The average molecular weight is 285 g/mol. The molecule has 0 atom stereocenters. The molecule has 0 radical (unpaired) electrons. The van der Waals surface area contributed by atoms with E-state index in [4.69, 9.17) is 10.5 Å². The molecule has 3 heteroatoms. The van der Waals surface area contributed by atoms with E-state index in [1.165, 1.54) is 0 Å². The van der Waals surface area contributed by atoms with E-state index in [2.05, 4.69) is 37.1 Å². The Labute approximate surface area is 129 Å². The maximum Gasteiger partial charge on any atom is 0.0991 e. The van der Waals surface area contributed by atoms with Crippen molar-refractivity contribution in [2.24, 2.45) is 5.41 Å². The molecule has 0 bridgehead atoms. The molecule has 0 unspecified atom stereocenters. The lowest BCUT2D eigenvalue weighted by Gasteiger charge is -2.38.